The van der Waals surface area contributed by atoms with Gasteiger partial charge in [-0.1, -0.05) is 12.8 Å². The Labute approximate surface area is 150 Å². The van der Waals surface area contributed by atoms with Crippen molar-refractivity contribution in [2.45, 2.75) is 50.7 Å². The van der Waals surface area contributed by atoms with Crippen LogP contribution >= 0.6 is 0 Å². The van der Waals surface area contributed by atoms with E-state index in [9.17, 15) is 22.8 Å². The lowest BCUT2D eigenvalue weighted by atomic mass is 9.93. The average Bonchev–Trinajstić information content (AvgIpc) is 3.25. The molecule has 0 radical (unpaired) electrons. The summed E-state index contributed by atoms with van der Waals surface area (Å²) in [4.78, 5) is 30.8. The molecule has 0 aromatic carbocycles. The maximum Gasteiger partial charge on any atom is 0.451 e. The van der Waals surface area contributed by atoms with E-state index in [1.54, 1.807) is 5.10 Å². The van der Waals surface area contributed by atoms with Gasteiger partial charge in [0.1, 0.15) is 5.82 Å². The molecular weight excluding hydrogens is 371 g/mol. The Hall–Kier alpha value is -2.99. The monoisotopic (exact) mass is 387 g/mol. The van der Waals surface area contributed by atoms with Gasteiger partial charge in [0.15, 0.2) is 0 Å². The molecule has 146 valence electrons. The third kappa shape index (κ3) is 3.90. The van der Waals surface area contributed by atoms with E-state index in [0.717, 1.165) is 17.5 Å². The Balaban J connectivity index is 1.82. The Morgan fingerprint density at radius 2 is 1.96 bits per heavy atom. The molecule has 1 fully saturated rings. The number of carbonyl (C=O) groups excluding carboxylic acids is 1. The molecule has 10 nitrogen and oxygen atoms in total. The standard InChI is InChI=1S/C14H16F3N7O3/c1-7-18-9(10(27)20-13(6-8(25)26)4-2-3-5-13)23-24(7)12-19-11(21-22-12)14(15,16)17/h2-6H2,1H3,(H,20,27)(H,25,26)(H,19,21,22). The number of alkyl halides is 3. The predicted molar refractivity (Wildman–Crippen MR) is 82.0 cm³/mol. The number of carbonyl (C=O) groups is 2. The summed E-state index contributed by atoms with van der Waals surface area (Å²) in [5, 5.41) is 20.8. The molecule has 0 bridgehead atoms. The summed E-state index contributed by atoms with van der Waals surface area (Å²) in [7, 11) is 0. The number of aromatic nitrogens is 6. The van der Waals surface area contributed by atoms with Crippen LogP contribution in [0.15, 0.2) is 0 Å². The number of hydrogen-bond donors (Lipinski definition) is 3. The number of hydrogen-bond acceptors (Lipinski definition) is 6. The number of rotatable bonds is 5. The molecule has 2 heterocycles. The first-order valence-electron chi connectivity index (χ1n) is 8.08. The highest BCUT2D eigenvalue weighted by atomic mass is 19.4. The summed E-state index contributed by atoms with van der Waals surface area (Å²) in [5.41, 5.74) is -0.879. The van der Waals surface area contributed by atoms with Crippen LogP contribution in [0.5, 0.6) is 0 Å². The Bertz CT molecular complexity index is 868. The molecule has 0 unspecified atom stereocenters. The normalized spacial score (nSPS) is 16.4. The Kier molecular flexibility index (Phi) is 4.61. The SMILES string of the molecule is Cc1nc(C(=O)NC2(CC(=O)O)CCCC2)nn1-c1n[nH]c(C(F)(F)F)n1. The molecule has 0 spiro atoms. The fourth-order valence-electron chi connectivity index (χ4n) is 3.13. The second-order valence-electron chi connectivity index (χ2n) is 6.39. The van der Waals surface area contributed by atoms with E-state index in [4.69, 9.17) is 5.11 Å². The van der Waals surface area contributed by atoms with Crippen LogP contribution < -0.4 is 5.32 Å². The van der Waals surface area contributed by atoms with Gasteiger partial charge in [-0.25, -0.2) is 4.98 Å². The number of carboxylic acids is 1. The molecule has 0 saturated heterocycles. The molecule has 2 aromatic rings. The number of nitrogens with zero attached hydrogens (tertiary/aromatic N) is 5. The van der Waals surface area contributed by atoms with E-state index in [1.807, 2.05) is 0 Å². The number of aryl methyl sites for hydroxylation is 1. The quantitative estimate of drug-likeness (QED) is 0.701. The number of amides is 1. The minimum atomic E-state index is -4.70. The van der Waals surface area contributed by atoms with Crippen molar-refractivity contribution in [3.05, 3.63) is 17.5 Å². The van der Waals surface area contributed by atoms with Crippen LogP contribution in [-0.4, -0.2) is 52.5 Å². The minimum Gasteiger partial charge on any atom is -0.481 e. The molecule has 0 aliphatic heterocycles. The van der Waals surface area contributed by atoms with Crippen LogP contribution in [0.1, 0.15) is 54.4 Å². The van der Waals surface area contributed by atoms with Gasteiger partial charge in [-0.15, -0.1) is 10.2 Å². The van der Waals surface area contributed by atoms with E-state index in [0.29, 0.717) is 12.8 Å². The van der Waals surface area contributed by atoms with E-state index >= 15 is 0 Å². The van der Waals surface area contributed by atoms with Crippen molar-refractivity contribution in [3.8, 4) is 5.95 Å². The van der Waals surface area contributed by atoms with Crippen molar-refractivity contribution in [3.63, 3.8) is 0 Å². The second-order valence-corrected chi connectivity index (χ2v) is 6.39. The van der Waals surface area contributed by atoms with Gasteiger partial charge in [-0.2, -0.15) is 22.8 Å². The highest BCUT2D eigenvalue weighted by Gasteiger charge is 2.39. The third-order valence-electron chi connectivity index (χ3n) is 4.33. The van der Waals surface area contributed by atoms with E-state index in [2.05, 4.69) is 25.5 Å². The summed E-state index contributed by atoms with van der Waals surface area (Å²) in [6.45, 7) is 1.43. The smallest absolute Gasteiger partial charge is 0.451 e. The summed E-state index contributed by atoms with van der Waals surface area (Å²) in [6.07, 6.45) is -2.33. The zero-order chi connectivity index (χ0) is 19.8. The first-order chi connectivity index (χ1) is 12.6. The van der Waals surface area contributed by atoms with Crippen LogP contribution in [0.2, 0.25) is 0 Å². The van der Waals surface area contributed by atoms with Crippen molar-refractivity contribution >= 4 is 11.9 Å². The maximum atomic E-state index is 12.6. The molecule has 1 aliphatic carbocycles. The number of aromatic amines is 1. The molecule has 1 amide bonds. The van der Waals surface area contributed by atoms with Crippen molar-refractivity contribution in [2.24, 2.45) is 0 Å². The van der Waals surface area contributed by atoms with Gasteiger partial charge in [0.25, 0.3) is 11.9 Å². The van der Waals surface area contributed by atoms with Crippen molar-refractivity contribution in [2.75, 3.05) is 0 Å². The molecular formula is C14H16F3N7O3. The van der Waals surface area contributed by atoms with Gasteiger partial charge in [0.2, 0.25) is 11.6 Å². The summed E-state index contributed by atoms with van der Waals surface area (Å²) in [5.74, 6) is -3.65. The zero-order valence-electron chi connectivity index (χ0n) is 14.2. The Morgan fingerprint density at radius 1 is 1.30 bits per heavy atom. The van der Waals surface area contributed by atoms with Crippen LogP contribution in [0.4, 0.5) is 13.2 Å². The number of H-pyrrole nitrogens is 1. The lowest BCUT2D eigenvalue weighted by Crippen LogP contribution is -2.48. The second kappa shape index (κ2) is 6.63. The van der Waals surface area contributed by atoms with Crippen LogP contribution in [-0.2, 0) is 11.0 Å². The summed E-state index contributed by atoms with van der Waals surface area (Å²) >= 11 is 0. The fourth-order valence-corrected chi connectivity index (χ4v) is 3.13. The maximum absolute atomic E-state index is 12.6. The highest BCUT2D eigenvalue weighted by Crippen LogP contribution is 2.33. The van der Waals surface area contributed by atoms with Gasteiger partial charge in [-0.3, -0.25) is 14.7 Å². The van der Waals surface area contributed by atoms with E-state index < -0.39 is 35.4 Å². The van der Waals surface area contributed by atoms with Crippen LogP contribution in [0.3, 0.4) is 0 Å². The predicted octanol–water partition coefficient (Wildman–Crippen LogP) is 1.23. The molecule has 3 rings (SSSR count). The van der Waals surface area contributed by atoms with Crippen molar-refractivity contribution < 1.29 is 27.9 Å². The molecule has 1 aliphatic rings. The molecule has 27 heavy (non-hydrogen) atoms. The van der Waals surface area contributed by atoms with Crippen molar-refractivity contribution in [1.82, 2.24) is 35.3 Å². The highest BCUT2D eigenvalue weighted by molar-refractivity contribution is 5.91. The number of nitrogens with one attached hydrogen (secondary N) is 2. The van der Waals surface area contributed by atoms with E-state index in [-0.39, 0.29) is 18.1 Å². The molecule has 13 heteroatoms. The molecule has 2 aromatic heterocycles. The zero-order valence-corrected chi connectivity index (χ0v) is 14.2. The summed E-state index contributed by atoms with van der Waals surface area (Å²) < 4.78 is 38.8. The largest absolute Gasteiger partial charge is 0.481 e. The number of aliphatic carboxylic acids is 1. The minimum absolute atomic E-state index is 0.103. The van der Waals surface area contributed by atoms with Gasteiger partial charge < -0.3 is 10.4 Å². The first-order valence-corrected chi connectivity index (χ1v) is 8.08. The molecule has 1 saturated carbocycles. The fraction of sp³-hybridized carbons (Fsp3) is 0.571. The molecule has 3 N–H and O–H groups in total. The number of carboxylic acid groups (broad SMARTS) is 1. The van der Waals surface area contributed by atoms with Gasteiger partial charge in [-0.05, 0) is 19.8 Å². The van der Waals surface area contributed by atoms with Crippen LogP contribution in [0, 0.1) is 6.92 Å². The van der Waals surface area contributed by atoms with Gasteiger partial charge in [0.05, 0.1) is 12.0 Å². The third-order valence-corrected chi connectivity index (χ3v) is 4.33. The first kappa shape index (κ1) is 18.8. The van der Waals surface area contributed by atoms with Crippen LogP contribution in [0.25, 0.3) is 5.95 Å². The summed E-state index contributed by atoms with van der Waals surface area (Å²) in [6, 6.07) is 0. The molecule has 0 atom stereocenters. The van der Waals surface area contributed by atoms with Gasteiger partial charge >= 0.3 is 12.1 Å². The van der Waals surface area contributed by atoms with E-state index in [1.165, 1.54) is 6.92 Å². The number of halogens is 3. The lowest BCUT2D eigenvalue weighted by molar-refractivity contribution is -0.144. The topological polar surface area (TPSA) is 139 Å². The van der Waals surface area contributed by atoms with Gasteiger partial charge in [0, 0.05) is 0 Å². The van der Waals surface area contributed by atoms with Crippen molar-refractivity contribution in [1.29, 1.82) is 0 Å². The Morgan fingerprint density at radius 3 is 2.52 bits per heavy atom. The average molecular weight is 387 g/mol. The lowest BCUT2D eigenvalue weighted by Gasteiger charge is -2.27.